The van der Waals surface area contributed by atoms with Crippen LogP contribution in [0, 0.1) is 0 Å². The fraction of sp³-hybridized carbons (Fsp3) is 0.556. The molecule has 33 heavy (non-hydrogen) atoms. The van der Waals surface area contributed by atoms with Gasteiger partial charge in [-0.25, -0.2) is 0 Å². The van der Waals surface area contributed by atoms with Gasteiger partial charge in [0.15, 0.2) is 0 Å². The van der Waals surface area contributed by atoms with Crippen LogP contribution in [-0.2, 0) is 22.9 Å². The third-order valence-electron chi connectivity index (χ3n) is 7.05. The van der Waals surface area contributed by atoms with Gasteiger partial charge in [0.1, 0.15) is 0 Å². The van der Waals surface area contributed by atoms with Crippen molar-refractivity contribution in [1.29, 1.82) is 0 Å². The predicted octanol–water partition coefficient (Wildman–Crippen LogP) is 7.00. The lowest BCUT2D eigenvalue weighted by atomic mass is 9.66. The van der Waals surface area contributed by atoms with Crippen LogP contribution < -0.4 is 5.32 Å². The molecule has 0 unspecified atom stereocenters. The van der Waals surface area contributed by atoms with Crippen molar-refractivity contribution in [2.24, 2.45) is 0 Å². The standard InChI is InChI=1S/C27H39ClNO3P/c28-26-21-23(22-29-19-10-20-33(30,31)32)14-15-24(26)11-4-2-7-16-27(17-8-3-9-18-27)25-12-5-1-6-13-25/h1,5-6,12-15,21,29H,2-4,7-11,16-20,22H2,(H2,30,31,32). The molecule has 2 aromatic rings. The summed E-state index contributed by atoms with van der Waals surface area (Å²) in [5.74, 6) is 0. The minimum absolute atomic E-state index is 0.0772. The summed E-state index contributed by atoms with van der Waals surface area (Å²) >= 11 is 6.54. The van der Waals surface area contributed by atoms with E-state index in [1.165, 1.54) is 56.9 Å². The van der Waals surface area contributed by atoms with E-state index in [1.807, 2.05) is 6.07 Å². The second-order valence-electron chi connectivity index (χ2n) is 9.61. The Morgan fingerprint density at radius 1 is 0.939 bits per heavy atom. The third-order valence-corrected chi connectivity index (χ3v) is 8.30. The van der Waals surface area contributed by atoms with Gasteiger partial charge in [-0.2, -0.15) is 0 Å². The first kappa shape index (κ1) is 26.4. The second kappa shape index (κ2) is 13.1. The average molecular weight is 492 g/mol. The fourth-order valence-corrected chi connectivity index (χ4v) is 6.07. The zero-order valence-electron chi connectivity index (χ0n) is 19.6. The van der Waals surface area contributed by atoms with Crippen molar-refractivity contribution in [1.82, 2.24) is 5.32 Å². The summed E-state index contributed by atoms with van der Waals surface area (Å²) in [6.07, 6.45) is 13.1. The number of nitrogens with one attached hydrogen (secondary N) is 1. The van der Waals surface area contributed by atoms with Gasteiger partial charge < -0.3 is 15.1 Å². The Kier molecular flexibility index (Phi) is 10.5. The van der Waals surface area contributed by atoms with Gasteiger partial charge in [-0.1, -0.05) is 86.2 Å². The highest BCUT2D eigenvalue weighted by Crippen LogP contribution is 2.43. The lowest BCUT2D eigenvalue weighted by molar-refractivity contribution is 0.265. The summed E-state index contributed by atoms with van der Waals surface area (Å²) < 4.78 is 10.9. The Morgan fingerprint density at radius 2 is 1.70 bits per heavy atom. The number of benzene rings is 2. The van der Waals surface area contributed by atoms with E-state index in [2.05, 4.69) is 47.8 Å². The number of aryl methyl sites for hydroxylation is 1. The zero-order chi connectivity index (χ0) is 23.6. The van der Waals surface area contributed by atoms with Crippen LogP contribution in [0.2, 0.25) is 5.02 Å². The summed E-state index contributed by atoms with van der Waals surface area (Å²) in [6, 6.07) is 17.4. The van der Waals surface area contributed by atoms with Gasteiger partial charge in [-0.3, -0.25) is 4.57 Å². The maximum absolute atomic E-state index is 10.9. The maximum atomic E-state index is 10.9. The Morgan fingerprint density at radius 3 is 2.39 bits per heavy atom. The molecule has 0 amide bonds. The number of unbranched alkanes of at least 4 members (excludes halogenated alkanes) is 2. The molecule has 3 rings (SSSR count). The van der Waals surface area contributed by atoms with Gasteiger partial charge in [0, 0.05) is 11.6 Å². The van der Waals surface area contributed by atoms with Crippen LogP contribution in [0.15, 0.2) is 48.5 Å². The van der Waals surface area contributed by atoms with Crippen molar-refractivity contribution in [3.05, 3.63) is 70.2 Å². The van der Waals surface area contributed by atoms with Crippen LogP contribution in [0.4, 0.5) is 0 Å². The molecule has 6 heteroatoms. The molecule has 0 aromatic heterocycles. The highest BCUT2D eigenvalue weighted by Gasteiger charge is 2.32. The van der Waals surface area contributed by atoms with Gasteiger partial charge in [0.2, 0.25) is 0 Å². The monoisotopic (exact) mass is 491 g/mol. The van der Waals surface area contributed by atoms with E-state index in [9.17, 15) is 4.57 Å². The number of hydrogen-bond acceptors (Lipinski definition) is 2. The molecule has 0 atom stereocenters. The molecular formula is C27H39ClNO3P. The van der Waals surface area contributed by atoms with Crippen LogP contribution in [0.25, 0.3) is 0 Å². The van der Waals surface area contributed by atoms with Crippen molar-refractivity contribution in [3.63, 3.8) is 0 Å². The maximum Gasteiger partial charge on any atom is 0.325 e. The van der Waals surface area contributed by atoms with Crippen LogP contribution in [0.5, 0.6) is 0 Å². The molecule has 4 nitrogen and oxygen atoms in total. The molecule has 0 spiro atoms. The number of rotatable bonds is 13. The first-order valence-corrected chi connectivity index (χ1v) is 14.6. The smallest absolute Gasteiger partial charge is 0.324 e. The lowest BCUT2D eigenvalue weighted by Crippen LogP contribution is -2.29. The molecule has 182 valence electrons. The fourth-order valence-electron chi connectivity index (χ4n) is 5.21. The van der Waals surface area contributed by atoms with Gasteiger partial charge in [0.05, 0.1) is 6.16 Å². The molecule has 1 fully saturated rings. The van der Waals surface area contributed by atoms with Crippen LogP contribution in [-0.4, -0.2) is 22.5 Å². The lowest BCUT2D eigenvalue weighted by Gasteiger charge is -2.38. The van der Waals surface area contributed by atoms with E-state index in [4.69, 9.17) is 21.4 Å². The van der Waals surface area contributed by atoms with Crippen molar-refractivity contribution < 1.29 is 14.4 Å². The Hall–Kier alpha value is -1.16. The van der Waals surface area contributed by atoms with E-state index in [1.54, 1.807) is 5.56 Å². The molecule has 0 bridgehead atoms. The summed E-state index contributed by atoms with van der Waals surface area (Å²) in [6.45, 7) is 1.23. The zero-order valence-corrected chi connectivity index (χ0v) is 21.3. The summed E-state index contributed by atoms with van der Waals surface area (Å²) in [5, 5.41) is 4.04. The Balaban J connectivity index is 1.40. The number of halogens is 1. The summed E-state index contributed by atoms with van der Waals surface area (Å²) in [7, 11) is -3.90. The van der Waals surface area contributed by atoms with Crippen molar-refractivity contribution >= 4 is 19.2 Å². The van der Waals surface area contributed by atoms with E-state index < -0.39 is 7.60 Å². The highest BCUT2D eigenvalue weighted by molar-refractivity contribution is 7.51. The highest BCUT2D eigenvalue weighted by atomic mass is 35.5. The molecule has 1 aliphatic carbocycles. The molecule has 0 heterocycles. The molecule has 0 radical (unpaired) electrons. The Labute approximate surface area is 204 Å². The van der Waals surface area contributed by atoms with Gasteiger partial charge >= 0.3 is 7.60 Å². The van der Waals surface area contributed by atoms with Crippen molar-refractivity contribution in [2.45, 2.75) is 82.6 Å². The second-order valence-corrected chi connectivity index (χ2v) is 11.8. The Bertz CT molecular complexity index is 893. The molecular weight excluding hydrogens is 453 g/mol. The normalized spacial score (nSPS) is 16.1. The number of hydrogen-bond donors (Lipinski definition) is 3. The topological polar surface area (TPSA) is 69.6 Å². The van der Waals surface area contributed by atoms with Gasteiger partial charge in [-0.05, 0) is 73.2 Å². The molecule has 0 saturated heterocycles. The quantitative estimate of drug-likeness (QED) is 0.208. The molecule has 1 saturated carbocycles. The summed E-state index contributed by atoms with van der Waals surface area (Å²) in [5.41, 5.74) is 4.23. The van der Waals surface area contributed by atoms with E-state index in [0.29, 0.717) is 24.9 Å². The van der Waals surface area contributed by atoms with E-state index >= 15 is 0 Å². The first-order chi connectivity index (χ1) is 15.9. The predicted molar refractivity (Wildman–Crippen MR) is 138 cm³/mol. The first-order valence-electron chi connectivity index (χ1n) is 12.5. The van der Waals surface area contributed by atoms with Gasteiger partial charge in [0.25, 0.3) is 0 Å². The summed E-state index contributed by atoms with van der Waals surface area (Å²) in [4.78, 5) is 17.8. The van der Waals surface area contributed by atoms with E-state index in [-0.39, 0.29) is 6.16 Å². The minimum Gasteiger partial charge on any atom is -0.324 e. The van der Waals surface area contributed by atoms with E-state index in [0.717, 1.165) is 23.4 Å². The van der Waals surface area contributed by atoms with Crippen molar-refractivity contribution in [2.75, 3.05) is 12.7 Å². The molecule has 3 N–H and O–H groups in total. The van der Waals surface area contributed by atoms with Crippen LogP contribution in [0.3, 0.4) is 0 Å². The third kappa shape index (κ3) is 8.85. The SMILES string of the molecule is O=P(O)(O)CCCNCc1ccc(CCCCCC2(c3ccccc3)CCCCC2)c(Cl)c1. The van der Waals surface area contributed by atoms with Crippen LogP contribution in [0.1, 0.15) is 80.9 Å². The minimum atomic E-state index is -3.90. The van der Waals surface area contributed by atoms with Crippen molar-refractivity contribution in [3.8, 4) is 0 Å². The molecule has 2 aromatic carbocycles. The van der Waals surface area contributed by atoms with Gasteiger partial charge in [-0.15, -0.1) is 0 Å². The average Bonchev–Trinajstić information content (AvgIpc) is 2.80. The molecule has 1 aliphatic rings. The molecule has 0 aliphatic heterocycles. The largest absolute Gasteiger partial charge is 0.325 e. The van der Waals surface area contributed by atoms with Crippen LogP contribution >= 0.6 is 19.2 Å².